The standard InChI is InChI=1S/C21H24/c1-14(2)15-6-7-16-11-17-8-9-20(21(3,4)5)13-19(17)12-18(16)10-15/h6-14H,1-5H3. The minimum Gasteiger partial charge on any atom is -0.0587 e. The van der Waals surface area contributed by atoms with E-state index in [1.165, 1.54) is 32.7 Å². The van der Waals surface area contributed by atoms with E-state index in [9.17, 15) is 0 Å². The monoisotopic (exact) mass is 276 g/mol. The number of fused-ring (bicyclic) bond motifs is 2. The normalized spacial score (nSPS) is 12.5. The average Bonchev–Trinajstić information content (AvgIpc) is 2.42. The van der Waals surface area contributed by atoms with E-state index in [0.717, 1.165) is 0 Å². The van der Waals surface area contributed by atoms with Crippen LogP contribution in [0, 0.1) is 0 Å². The second-order valence-corrected chi connectivity index (χ2v) is 7.43. The molecule has 0 saturated carbocycles. The summed E-state index contributed by atoms with van der Waals surface area (Å²) in [4.78, 5) is 0. The second kappa shape index (κ2) is 4.87. The molecule has 0 spiro atoms. The van der Waals surface area contributed by atoms with Gasteiger partial charge in [-0.1, -0.05) is 71.0 Å². The molecular weight excluding hydrogens is 252 g/mol. The SMILES string of the molecule is CC(C)c1ccc2cc3ccc(C(C)(C)C)cc3cc2c1. The fraction of sp³-hybridized carbons (Fsp3) is 0.333. The van der Waals surface area contributed by atoms with Crippen LogP contribution >= 0.6 is 0 Å². The second-order valence-electron chi connectivity index (χ2n) is 7.43. The van der Waals surface area contributed by atoms with Crippen LogP contribution in [-0.2, 0) is 5.41 Å². The van der Waals surface area contributed by atoms with Gasteiger partial charge in [0, 0.05) is 0 Å². The van der Waals surface area contributed by atoms with E-state index >= 15 is 0 Å². The maximum Gasteiger partial charge on any atom is -0.0132 e. The Morgan fingerprint density at radius 1 is 0.667 bits per heavy atom. The van der Waals surface area contributed by atoms with Gasteiger partial charge in [0.25, 0.3) is 0 Å². The van der Waals surface area contributed by atoms with Gasteiger partial charge in [-0.25, -0.2) is 0 Å². The molecule has 21 heavy (non-hydrogen) atoms. The Morgan fingerprint density at radius 2 is 1.24 bits per heavy atom. The predicted molar refractivity (Wildman–Crippen MR) is 94.2 cm³/mol. The molecule has 0 radical (unpaired) electrons. The van der Waals surface area contributed by atoms with Crippen molar-refractivity contribution in [1.82, 2.24) is 0 Å². The van der Waals surface area contributed by atoms with E-state index in [2.05, 4.69) is 83.1 Å². The van der Waals surface area contributed by atoms with E-state index in [1.54, 1.807) is 0 Å². The minimum absolute atomic E-state index is 0.197. The summed E-state index contributed by atoms with van der Waals surface area (Å²) in [6.07, 6.45) is 0. The first-order chi connectivity index (χ1) is 9.84. The van der Waals surface area contributed by atoms with Crippen LogP contribution in [0.3, 0.4) is 0 Å². The molecule has 0 atom stereocenters. The Morgan fingerprint density at radius 3 is 1.86 bits per heavy atom. The zero-order chi connectivity index (χ0) is 15.2. The fourth-order valence-electron chi connectivity index (χ4n) is 2.84. The number of benzene rings is 3. The third kappa shape index (κ3) is 2.68. The lowest BCUT2D eigenvalue weighted by Gasteiger charge is -2.19. The Labute approximate surface area is 127 Å². The summed E-state index contributed by atoms with van der Waals surface area (Å²) < 4.78 is 0. The maximum atomic E-state index is 2.34. The van der Waals surface area contributed by atoms with Crippen molar-refractivity contribution in [1.29, 1.82) is 0 Å². The summed E-state index contributed by atoms with van der Waals surface area (Å²) in [7, 11) is 0. The molecule has 3 rings (SSSR count). The van der Waals surface area contributed by atoms with Crippen LogP contribution < -0.4 is 0 Å². The molecule has 0 aliphatic heterocycles. The van der Waals surface area contributed by atoms with E-state index in [0.29, 0.717) is 5.92 Å². The van der Waals surface area contributed by atoms with Crippen LogP contribution in [-0.4, -0.2) is 0 Å². The van der Waals surface area contributed by atoms with Gasteiger partial charge in [-0.3, -0.25) is 0 Å². The molecule has 0 aliphatic carbocycles. The Hall–Kier alpha value is -1.82. The lowest BCUT2D eigenvalue weighted by Crippen LogP contribution is -2.10. The molecule has 0 saturated heterocycles. The van der Waals surface area contributed by atoms with Gasteiger partial charge >= 0.3 is 0 Å². The lowest BCUT2D eigenvalue weighted by molar-refractivity contribution is 0.591. The zero-order valence-electron chi connectivity index (χ0n) is 13.7. The van der Waals surface area contributed by atoms with Gasteiger partial charge in [0.2, 0.25) is 0 Å². The highest BCUT2D eigenvalue weighted by atomic mass is 14.2. The first-order valence-corrected chi connectivity index (χ1v) is 7.82. The van der Waals surface area contributed by atoms with Crippen molar-refractivity contribution in [3.63, 3.8) is 0 Å². The molecule has 0 heterocycles. The van der Waals surface area contributed by atoms with Crippen LogP contribution in [0.4, 0.5) is 0 Å². The topological polar surface area (TPSA) is 0 Å². The van der Waals surface area contributed by atoms with Crippen LogP contribution in [0.1, 0.15) is 51.7 Å². The first kappa shape index (κ1) is 14.1. The molecule has 3 aromatic rings. The maximum absolute atomic E-state index is 2.34. The molecule has 0 nitrogen and oxygen atoms in total. The minimum atomic E-state index is 0.197. The van der Waals surface area contributed by atoms with Gasteiger partial charge in [0.1, 0.15) is 0 Å². The molecular formula is C21H24. The summed E-state index contributed by atoms with van der Waals surface area (Å²) in [6.45, 7) is 11.3. The van der Waals surface area contributed by atoms with Crippen molar-refractivity contribution in [3.05, 3.63) is 59.7 Å². The van der Waals surface area contributed by atoms with Crippen molar-refractivity contribution in [2.24, 2.45) is 0 Å². The van der Waals surface area contributed by atoms with Crippen molar-refractivity contribution < 1.29 is 0 Å². The molecule has 0 fully saturated rings. The summed E-state index contributed by atoms with van der Waals surface area (Å²) in [5.41, 5.74) is 3.01. The van der Waals surface area contributed by atoms with Gasteiger partial charge in [-0.05, 0) is 56.1 Å². The first-order valence-electron chi connectivity index (χ1n) is 7.82. The van der Waals surface area contributed by atoms with Crippen molar-refractivity contribution >= 4 is 21.5 Å². The molecule has 0 bridgehead atoms. The molecule has 0 amide bonds. The highest BCUT2D eigenvalue weighted by Gasteiger charge is 2.13. The number of hydrogen-bond donors (Lipinski definition) is 0. The van der Waals surface area contributed by atoms with Gasteiger partial charge in [0.05, 0.1) is 0 Å². The van der Waals surface area contributed by atoms with Gasteiger partial charge in [-0.2, -0.15) is 0 Å². The number of rotatable bonds is 1. The zero-order valence-corrected chi connectivity index (χ0v) is 13.7. The molecule has 3 aromatic carbocycles. The molecule has 0 heteroatoms. The molecule has 0 aliphatic rings. The van der Waals surface area contributed by atoms with Crippen LogP contribution in [0.15, 0.2) is 48.5 Å². The summed E-state index contributed by atoms with van der Waals surface area (Å²) >= 11 is 0. The summed E-state index contributed by atoms with van der Waals surface area (Å²) in [6, 6.07) is 18.3. The summed E-state index contributed by atoms with van der Waals surface area (Å²) in [5, 5.41) is 5.35. The molecule has 0 unspecified atom stereocenters. The van der Waals surface area contributed by atoms with E-state index < -0.39 is 0 Å². The quantitative estimate of drug-likeness (QED) is 0.450. The van der Waals surface area contributed by atoms with E-state index in [4.69, 9.17) is 0 Å². The van der Waals surface area contributed by atoms with Crippen molar-refractivity contribution in [3.8, 4) is 0 Å². The van der Waals surface area contributed by atoms with E-state index in [-0.39, 0.29) is 5.41 Å². The van der Waals surface area contributed by atoms with Gasteiger partial charge in [-0.15, -0.1) is 0 Å². The number of hydrogen-bond acceptors (Lipinski definition) is 0. The Bertz CT molecular complexity index is 801. The molecule has 0 aromatic heterocycles. The highest BCUT2D eigenvalue weighted by Crippen LogP contribution is 2.30. The Kier molecular flexibility index (Phi) is 3.28. The highest BCUT2D eigenvalue weighted by molar-refractivity contribution is 5.98. The van der Waals surface area contributed by atoms with Gasteiger partial charge < -0.3 is 0 Å². The average molecular weight is 276 g/mol. The van der Waals surface area contributed by atoms with Crippen molar-refractivity contribution in [2.75, 3.05) is 0 Å². The summed E-state index contributed by atoms with van der Waals surface area (Å²) in [5.74, 6) is 0.575. The van der Waals surface area contributed by atoms with Crippen LogP contribution in [0.2, 0.25) is 0 Å². The molecule has 108 valence electrons. The third-order valence-corrected chi connectivity index (χ3v) is 4.35. The van der Waals surface area contributed by atoms with Crippen molar-refractivity contribution in [2.45, 2.75) is 46.0 Å². The molecule has 0 N–H and O–H groups in total. The Balaban J connectivity index is 2.24. The predicted octanol–water partition coefficient (Wildman–Crippen LogP) is 6.41. The van der Waals surface area contributed by atoms with Crippen LogP contribution in [0.25, 0.3) is 21.5 Å². The smallest absolute Gasteiger partial charge is 0.0132 e. The lowest BCUT2D eigenvalue weighted by atomic mass is 9.85. The largest absolute Gasteiger partial charge is 0.0587 e. The van der Waals surface area contributed by atoms with E-state index in [1.807, 2.05) is 0 Å². The third-order valence-electron chi connectivity index (χ3n) is 4.35. The fourth-order valence-corrected chi connectivity index (χ4v) is 2.84. The van der Waals surface area contributed by atoms with Gasteiger partial charge in [0.15, 0.2) is 0 Å². The van der Waals surface area contributed by atoms with Crippen LogP contribution in [0.5, 0.6) is 0 Å².